The van der Waals surface area contributed by atoms with Gasteiger partial charge in [0.1, 0.15) is 23.7 Å². The number of rotatable bonds is 12. The first-order chi connectivity index (χ1) is 21.5. The van der Waals surface area contributed by atoms with Gasteiger partial charge < -0.3 is 25.7 Å². The van der Waals surface area contributed by atoms with Crippen LogP contribution in [0.25, 0.3) is 0 Å². The number of likely N-dealkylation sites (tertiary alicyclic amines) is 1. The highest BCUT2D eigenvalue weighted by atomic mass is 19.3. The Labute approximate surface area is 255 Å². The van der Waals surface area contributed by atoms with Gasteiger partial charge in [-0.15, -0.1) is 0 Å². The maximum absolute atomic E-state index is 14.3. The first-order valence-electron chi connectivity index (χ1n) is 14.1. The van der Waals surface area contributed by atoms with Crippen LogP contribution in [0, 0.1) is 11.6 Å². The van der Waals surface area contributed by atoms with Crippen LogP contribution in [0.15, 0.2) is 72.8 Å². The molecule has 4 atom stereocenters. The minimum atomic E-state index is -3.02. The van der Waals surface area contributed by atoms with E-state index in [-0.39, 0.29) is 18.9 Å². The number of carboxylic acid groups (broad SMARTS) is 1. The van der Waals surface area contributed by atoms with Gasteiger partial charge in [-0.25, -0.2) is 22.4 Å². The number of alkyl halides is 2. The highest BCUT2D eigenvalue weighted by Crippen LogP contribution is 2.34. The average molecular weight is 630 g/mol. The van der Waals surface area contributed by atoms with Crippen LogP contribution in [-0.2, 0) is 20.8 Å². The number of amides is 3. The molecule has 0 unspecified atom stereocenters. The summed E-state index contributed by atoms with van der Waals surface area (Å²) in [6.45, 7) is -0.365. The molecule has 0 spiro atoms. The van der Waals surface area contributed by atoms with E-state index in [1.165, 1.54) is 4.90 Å². The van der Waals surface area contributed by atoms with Gasteiger partial charge in [-0.1, -0.05) is 60.7 Å². The predicted octanol–water partition coefficient (Wildman–Crippen LogP) is 3.58. The molecule has 0 aliphatic carbocycles. The molecule has 3 aromatic carbocycles. The van der Waals surface area contributed by atoms with E-state index in [1.54, 1.807) is 48.5 Å². The van der Waals surface area contributed by atoms with Crippen molar-refractivity contribution in [2.24, 2.45) is 0 Å². The summed E-state index contributed by atoms with van der Waals surface area (Å²) in [7, 11) is 0. The summed E-state index contributed by atoms with van der Waals surface area (Å²) in [5.74, 6) is -6.88. The van der Waals surface area contributed by atoms with Gasteiger partial charge in [-0.3, -0.25) is 14.4 Å². The molecular weight excluding hydrogens is 598 g/mol. The van der Waals surface area contributed by atoms with Crippen LogP contribution >= 0.6 is 0 Å². The molecule has 3 aromatic rings. The van der Waals surface area contributed by atoms with Crippen LogP contribution in [0.1, 0.15) is 51.9 Å². The normalized spacial score (nSPS) is 17.5. The lowest BCUT2D eigenvalue weighted by atomic mass is 9.96. The van der Waals surface area contributed by atoms with Crippen molar-refractivity contribution in [1.82, 2.24) is 15.5 Å². The standard InChI is InChI=1S/C32H31F4N3O6/c33-23-13-20(32(44)45)14-24(34)22(23)11-12-37-29(41)25(16-27(35)36)38-30(42)26-15-21(18-7-3-1-4-8-18)17-39(26)31(43)28(40)19-9-5-2-6-10-19/h1-10,13-14,21,25-28,40H,11-12,15-17H2,(H,37,41)(H,38,42)(H,44,45)/t21-,25+,26+,28-/m1/s1. The molecule has 0 aromatic heterocycles. The third kappa shape index (κ3) is 8.24. The zero-order chi connectivity index (χ0) is 32.7. The number of carboxylic acids is 1. The van der Waals surface area contributed by atoms with Crippen LogP contribution in [0.5, 0.6) is 0 Å². The Bertz CT molecular complexity index is 1500. The number of aliphatic hydroxyl groups is 1. The molecule has 1 aliphatic rings. The third-order valence-electron chi connectivity index (χ3n) is 7.62. The molecule has 1 saturated heterocycles. The van der Waals surface area contributed by atoms with Crippen molar-refractivity contribution in [1.29, 1.82) is 0 Å². The SMILES string of the molecule is O=C(O)c1cc(F)c(CCNC(=O)[C@H](CC(F)F)NC(=O)[C@@H]2C[C@@H](c3ccccc3)CN2C(=O)[C@H](O)c2ccccc2)c(F)c1. The van der Waals surface area contributed by atoms with Gasteiger partial charge >= 0.3 is 5.97 Å². The lowest BCUT2D eigenvalue weighted by Crippen LogP contribution is -2.54. The number of halogens is 4. The monoisotopic (exact) mass is 629 g/mol. The largest absolute Gasteiger partial charge is 0.478 e. The Hall–Kier alpha value is -4.78. The van der Waals surface area contributed by atoms with Gasteiger partial charge in [0.2, 0.25) is 18.2 Å². The average Bonchev–Trinajstić information content (AvgIpc) is 3.47. The van der Waals surface area contributed by atoms with Gasteiger partial charge in [-0.2, -0.15) is 0 Å². The summed E-state index contributed by atoms with van der Waals surface area (Å²) in [6.07, 6.45) is -6.03. The molecule has 1 heterocycles. The van der Waals surface area contributed by atoms with Crippen molar-refractivity contribution in [3.05, 3.63) is 107 Å². The second kappa shape index (κ2) is 14.8. The van der Waals surface area contributed by atoms with Crippen LogP contribution < -0.4 is 10.6 Å². The number of hydrogen-bond donors (Lipinski definition) is 4. The second-order valence-corrected chi connectivity index (χ2v) is 10.6. The molecule has 3 amide bonds. The molecule has 13 heteroatoms. The van der Waals surface area contributed by atoms with E-state index in [0.29, 0.717) is 17.7 Å². The second-order valence-electron chi connectivity index (χ2n) is 10.6. The summed E-state index contributed by atoms with van der Waals surface area (Å²) in [6, 6.07) is 15.3. The number of nitrogens with one attached hydrogen (secondary N) is 2. The third-order valence-corrected chi connectivity index (χ3v) is 7.62. The van der Waals surface area contributed by atoms with E-state index < -0.39 is 90.5 Å². The van der Waals surface area contributed by atoms with Crippen LogP contribution in [-0.4, -0.2) is 70.4 Å². The first kappa shape index (κ1) is 33.1. The molecule has 9 nitrogen and oxygen atoms in total. The Morgan fingerprint density at radius 1 is 0.933 bits per heavy atom. The smallest absolute Gasteiger partial charge is 0.335 e. The molecular formula is C32H31F4N3O6. The van der Waals surface area contributed by atoms with Crippen molar-refractivity contribution in [2.75, 3.05) is 13.1 Å². The van der Waals surface area contributed by atoms with Gasteiger partial charge in [0, 0.05) is 31.0 Å². The fraction of sp³-hybridized carbons (Fsp3) is 0.312. The van der Waals surface area contributed by atoms with E-state index in [4.69, 9.17) is 5.11 Å². The molecule has 238 valence electrons. The van der Waals surface area contributed by atoms with E-state index >= 15 is 0 Å². The summed E-state index contributed by atoms with van der Waals surface area (Å²) in [5.41, 5.74) is -0.00993. The van der Waals surface area contributed by atoms with Gasteiger partial charge in [-0.05, 0) is 36.1 Å². The quantitative estimate of drug-likeness (QED) is 0.226. The summed E-state index contributed by atoms with van der Waals surface area (Å²) in [5, 5.41) is 24.3. The van der Waals surface area contributed by atoms with E-state index in [2.05, 4.69) is 10.6 Å². The number of carbonyl (C=O) groups is 4. The highest BCUT2D eigenvalue weighted by Gasteiger charge is 2.43. The van der Waals surface area contributed by atoms with Crippen molar-refractivity contribution < 1.29 is 47.0 Å². The topological polar surface area (TPSA) is 136 Å². The lowest BCUT2D eigenvalue weighted by Gasteiger charge is -2.28. The van der Waals surface area contributed by atoms with E-state index in [1.807, 2.05) is 12.1 Å². The minimum absolute atomic E-state index is 0.0499. The number of benzene rings is 3. The van der Waals surface area contributed by atoms with E-state index in [9.17, 15) is 41.8 Å². The van der Waals surface area contributed by atoms with Crippen molar-refractivity contribution in [3.63, 3.8) is 0 Å². The Morgan fingerprint density at radius 2 is 1.53 bits per heavy atom. The molecule has 0 bridgehead atoms. The Morgan fingerprint density at radius 3 is 2.11 bits per heavy atom. The molecule has 0 saturated carbocycles. The van der Waals surface area contributed by atoms with Crippen LogP contribution in [0.2, 0.25) is 0 Å². The van der Waals surface area contributed by atoms with Gasteiger partial charge in [0.05, 0.1) is 5.56 Å². The molecule has 1 fully saturated rings. The molecule has 45 heavy (non-hydrogen) atoms. The summed E-state index contributed by atoms with van der Waals surface area (Å²) in [4.78, 5) is 52.0. The number of aliphatic hydroxyl groups excluding tert-OH is 1. The minimum Gasteiger partial charge on any atom is -0.478 e. The predicted molar refractivity (Wildman–Crippen MR) is 153 cm³/mol. The van der Waals surface area contributed by atoms with Gasteiger partial charge in [0.15, 0.2) is 6.10 Å². The Balaban J connectivity index is 1.48. The fourth-order valence-corrected chi connectivity index (χ4v) is 5.31. The lowest BCUT2D eigenvalue weighted by molar-refractivity contribution is -0.146. The number of nitrogens with zero attached hydrogens (tertiary/aromatic N) is 1. The maximum atomic E-state index is 14.3. The van der Waals surface area contributed by atoms with Crippen LogP contribution in [0.4, 0.5) is 17.6 Å². The zero-order valence-electron chi connectivity index (χ0n) is 23.8. The van der Waals surface area contributed by atoms with E-state index in [0.717, 1.165) is 5.56 Å². The molecule has 0 radical (unpaired) electrons. The van der Waals surface area contributed by atoms with Crippen LogP contribution in [0.3, 0.4) is 0 Å². The fourth-order valence-electron chi connectivity index (χ4n) is 5.31. The molecule has 1 aliphatic heterocycles. The maximum Gasteiger partial charge on any atom is 0.335 e. The zero-order valence-corrected chi connectivity index (χ0v) is 23.8. The van der Waals surface area contributed by atoms with Crippen molar-refractivity contribution in [3.8, 4) is 0 Å². The molecule has 4 N–H and O–H groups in total. The number of carbonyl (C=O) groups excluding carboxylic acids is 3. The van der Waals surface area contributed by atoms with Gasteiger partial charge in [0.25, 0.3) is 5.91 Å². The summed E-state index contributed by atoms with van der Waals surface area (Å²) >= 11 is 0. The number of hydrogen-bond acceptors (Lipinski definition) is 5. The van der Waals surface area contributed by atoms with Crippen molar-refractivity contribution in [2.45, 2.75) is 49.8 Å². The molecule has 4 rings (SSSR count). The highest BCUT2D eigenvalue weighted by molar-refractivity contribution is 5.93. The summed E-state index contributed by atoms with van der Waals surface area (Å²) < 4.78 is 55.5. The Kier molecular flexibility index (Phi) is 10.9. The number of aromatic carboxylic acids is 1. The van der Waals surface area contributed by atoms with Crippen molar-refractivity contribution >= 4 is 23.7 Å². The first-order valence-corrected chi connectivity index (χ1v) is 14.1.